The van der Waals surface area contributed by atoms with Crippen LogP contribution < -0.4 is 9.64 Å². The van der Waals surface area contributed by atoms with Crippen LogP contribution in [0.15, 0.2) is 72.8 Å². The van der Waals surface area contributed by atoms with E-state index < -0.39 is 18.8 Å². The molecule has 3 aromatic carbocycles. The molecule has 1 unspecified atom stereocenters. The van der Waals surface area contributed by atoms with Crippen molar-refractivity contribution < 1.29 is 31.9 Å². The summed E-state index contributed by atoms with van der Waals surface area (Å²) in [6, 6.07) is 20.1. The number of halogens is 2. The Kier molecular flexibility index (Phi) is 12.1. The lowest BCUT2D eigenvalue weighted by Crippen LogP contribution is -2.26. The predicted molar refractivity (Wildman–Crippen MR) is 160 cm³/mol. The second-order valence-corrected chi connectivity index (χ2v) is 11.9. The number of ether oxygens (including phenoxy) is 1. The van der Waals surface area contributed by atoms with E-state index in [2.05, 4.69) is 11.4 Å². The number of amides is 1. The van der Waals surface area contributed by atoms with Gasteiger partial charge in [0.2, 0.25) is 0 Å². The molecule has 222 valence electrons. The summed E-state index contributed by atoms with van der Waals surface area (Å²) in [5.41, 5.74) is -1.56. The summed E-state index contributed by atoms with van der Waals surface area (Å²) in [7, 11) is -2.20. The predicted octanol–water partition coefficient (Wildman–Crippen LogP) is 9.29. The van der Waals surface area contributed by atoms with Gasteiger partial charge in [-0.3, -0.25) is 9.36 Å². The SMILES string of the molecule is CCCCCCCCOc1ccc(-c2ccc(C(=O)N(C)c3ccc(C(F)(F)P(=O)(OC)OCC)cc3)cc2)cc1. The third-order valence-electron chi connectivity index (χ3n) is 6.88. The fourth-order valence-electron chi connectivity index (χ4n) is 4.39. The normalized spacial score (nSPS) is 13.0. The third-order valence-corrected chi connectivity index (χ3v) is 8.90. The molecule has 1 atom stereocenters. The van der Waals surface area contributed by atoms with E-state index in [4.69, 9.17) is 9.26 Å². The third kappa shape index (κ3) is 8.25. The van der Waals surface area contributed by atoms with E-state index in [9.17, 15) is 18.1 Å². The summed E-state index contributed by atoms with van der Waals surface area (Å²) < 4.78 is 57.4. The van der Waals surface area contributed by atoms with Gasteiger partial charge < -0.3 is 18.7 Å². The van der Waals surface area contributed by atoms with Crippen molar-refractivity contribution in [3.05, 3.63) is 83.9 Å². The van der Waals surface area contributed by atoms with E-state index in [1.54, 1.807) is 19.2 Å². The molecule has 0 N–H and O–H groups in total. The molecule has 0 bridgehead atoms. The summed E-state index contributed by atoms with van der Waals surface area (Å²) in [6.45, 7) is 4.20. The smallest absolute Gasteiger partial charge is 0.404 e. The Labute approximate surface area is 242 Å². The van der Waals surface area contributed by atoms with Crippen LogP contribution >= 0.6 is 7.60 Å². The highest BCUT2D eigenvalue weighted by Gasteiger charge is 2.54. The van der Waals surface area contributed by atoms with Crippen molar-refractivity contribution in [2.75, 3.05) is 32.3 Å². The Hall–Kier alpha value is -3.06. The maximum atomic E-state index is 14.9. The van der Waals surface area contributed by atoms with Crippen LogP contribution in [0.4, 0.5) is 14.5 Å². The average molecular weight is 588 g/mol. The highest BCUT2D eigenvalue weighted by molar-refractivity contribution is 7.54. The zero-order valence-corrected chi connectivity index (χ0v) is 25.2. The molecule has 0 aliphatic heterocycles. The minimum atomic E-state index is -4.70. The quantitative estimate of drug-likeness (QED) is 0.123. The van der Waals surface area contributed by atoms with Gasteiger partial charge in [0.05, 0.1) is 13.2 Å². The standard InChI is InChI=1S/C32H40F2NO5P/c1-5-7-8-9-10-11-24-39-30-22-16-26(17-23-30)25-12-14-27(15-13-25)31(36)35(3)29-20-18-28(19-21-29)32(33,34)41(37,38-4)40-6-2/h12-23H,5-11,24H2,1-4H3. The van der Waals surface area contributed by atoms with Crippen molar-refractivity contribution in [1.82, 2.24) is 0 Å². The van der Waals surface area contributed by atoms with Crippen molar-refractivity contribution in [2.45, 2.75) is 58.0 Å². The molecule has 9 heteroatoms. The summed E-state index contributed by atoms with van der Waals surface area (Å²) in [4.78, 5) is 14.5. The molecular weight excluding hydrogens is 547 g/mol. The minimum Gasteiger partial charge on any atom is -0.494 e. The lowest BCUT2D eigenvalue weighted by Gasteiger charge is -2.25. The van der Waals surface area contributed by atoms with Crippen molar-refractivity contribution in [1.29, 1.82) is 0 Å². The van der Waals surface area contributed by atoms with Gasteiger partial charge in [-0.05, 0) is 60.9 Å². The van der Waals surface area contributed by atoms with Crippen LogP contribution in [0, 0.1) is 0 Å². The summed E-state index contributed by atoms with van der Waals surface area (Å²) in [5.74, 6) is 0.536. The van der Waals surface area contributed by atoms with Crippen LogP contribution in [-0.2, 0) is 19.3 Å². The molecule has 0 aromatic heterocycles. The highest BCUT2D eigenvalue weighted by Crippen LogP contribution is 2.66. The topological polar surface area (TPSA) is 65.1 Å². The number of anilines is 1. The number of nitrogens with zero attached hydrogens (tertiary/aromatic N) is 1. The van der Waals surface area contributed by atoms with E-state index in [-0.39, 0.29) is 12.5 Å². The van der Waals surface area contributed by atoms with Crippen molar-refractivity contribution >= 4 is 19.2 Å². The van der Waals surface area contributed by atoms with Gasteiger partial charge in [0, 0.05) is 31.0 Å². The van der Waals surface area contributed by atoms with Crippen molar-refractivity contribution in [2.24, 2.45) is 0 Å². The van der Waals surface area contributed by atoms with E-state index in [1.807, 2.05) is 36.4 Å². The fourth-order valence-corrected chi connectivity index (χ4v) is 5.70. The van der Waals surface area contributed by atoms with Crippen LogP contribution in [0.5, 0.6) is 5.75 Å². The Bertz CT molecular complexity index is 1280. The Balaban J connectivity index is 1.60. The monoisotopic (exact) mass is 587 g/mol. The Morgan fingerprint density at radius 2 is 1.39 bits per heavy atom. The molecule has 0 aliphatic rings. The molecule has 0 saturated carbocycles. The number of benzene rings is 3. The second-order valence-electron chi connectivity index (χ2n) is 9.77. The van der Waals surface area contributed by atoms with Gasteiger partial charge in [-0.2, -0.15) is 8.78 Å². The average Bonchev–Trinajstić information content (AvgIpc) is 3.00. The van der Waals surface area contributed by atoms with Gasteiger partial charge in [-0.25, -0.2) is 0 Å². The first kappa shape index (κ1) is 32.5. The summed E-state index contributed by atoms with van der Waals surface area (Å²) in [6.07, 6.45) is 7.32. The van der Waals surface area contributed by atoms with Crippen LogP contribution in [0.1, 0.15) is 68.3 Å². The number of hydrogen-bond acceptors (Lipinski definition) is 5. The molecule has 3 rings (SSSR count). The summed E-state index contributed by atoms with van der Waals surface area (Å²) >= 11 is 0. The van der Waals surface area contributed by atoms with Crippen LogP contribution in [0.3, 0.4) is 0 Å². The van der Waals surface area contributed by atoms with Crippen molar-refractivity contribution in [3.8, 4) is 16.9 Å². The summed E-state index contributed by atoms with van der Waals surface area (Å²) in [5, 5.41) is 0. The van der Waals surface area contributed by atoms with Gasteiger partial charge >= 0.3 is 13.3 Å². The number of unbranched alkanes of at least 4 members (excludes halogenated alkanes) is 5. The molecule has 3 aromatic rings. The second kappa shape index (κ2) is 15.2. The van der Waals surface area contributed by atoms with Crippen LogP contribution in [0.25, 0.3) is 11.1 Å². The molecule has 0 fully saturated rings. The van der Waals surface area contributed by atoms with Gasteiger partial charge in [0.15, 0.2) is 0 Å². The number of carbonyl (C=O) groups excluding carboxylic acids is 1. The van der Waals surface area contributed by atoms with Gasteiger partial charge in [0.25, 0.3) is 5.91 Å². The fraction of sp³-hybridized carbons (Fsp3) is 0.406. The van der Waals surface area contributed by atoms with Gasteiger partial charge in [-0.15, -0.1) is 0 Å². The molecule has 1 amide bonds. The van der Waals surface area contributed by atoms with Crippen molar-refractivity contribution in [3.63, 3.8) is 0 Å². The highest BCUT2D eigenvalue weighted by atomic mass is 31.2. The first-order valence-corrected chi connectivity index (χ1v) is 15.6. The van der Waals surface area contributed by atoms with E-state index in [0.29, 0.717) is 17.9 Å². The van der Waals surface area contributed by atoms with E-state index in [1.165, 1.54) is 56.1 Å². The van der Waals surface area contributed by atoms with Gasteiger partial charge in [-0.1, -0.05) is 75.4 Å². The van der Waals surface area contributed by atoms with Gasteiger partial charge in [0.1, 0.15) is 5.75 Å². The van der Waals surface area contributed by atoms with E-state index in [0.717, 1.165) is 42.5 Å². The maximum Gasteiger partial charge on any atom is 0.404 e. The molecule has 0 spiro atoms. The van der Waals surface area contributed by atoms with E-state index >= 15 is 0 Å². The first-order chi connectivity index (χ1) is 19.7. The molecular formula is C32H40F2NO5P. The number of rotatable bonds is 16. The number of hydrogen-bond donors (Lipinski definition) is 0. The Morgan fingerprint density at radius 1 is 0.829 bits per heavy atom. The molecule has 41 heavy (non-hydrogen) atoms. The molecule has 0 saturated heterocycles. The first-order valence-electron chi connectivity index (χ1n) is 14.1. The lowest BCUT2D eigenvalue weighted by molar-refractivity contribution is 0.0408. The molecule has 0 heterocycles. The van der Waals surface area contributed by atoms with Crippen LogP contribution in [0.2, 0.25) is 0 Å². The zero-order valence-electron chi connectivity index (χ0n) is 24.3. The Morgan fingerprint density at radius 3 is 1.95 bits per heavy atom. The number of alkyl halides is 2. The largest absolute Gasteiger partial charge is 0.494 e. The molecule has 0 radical (unpaired) electrons. The zero-order chi connectivity index (χ0) is 29.9. The maximum absolute atomic E-state index is 14.9. The lowest BCUT2D eigenvalue weighted by atomic mass is 10.0. The minimum absolute atomic E-state index is 0.187. The number of carbonyl (C=O) groups is 1. The van der Waals surface area contributed by atoms with Crippen LogP contribution in [-0.4, -0.2) is 33.3 Å². The molecule has 0 aliphatic carbocycles. The molecule has 6 nitrogen and oxygen atoms in total.